The van der Waals surface area contributed by atoms with Gasteiger partial charge in [0.15, 0.2) is 0 Å². The van der Waals surface area contributed by atoms with Crippen molar-refractivity contribution in [1.29, 1.82) is 0 Å². The van der Waals surface area contributed by atoms with Crippen LogP contribution in [0.5, 0.6) is 5.88 Å². The summed E-state index contributed by atoms with van der Waals surface area (Å²) < 4.78 is 17.0. The second-order valence-corrected chi connectivity index (χ2v) is 14.7. The summed E-state index contributed by atoms with van der Waals surface area (Å²) in [7, 11) is 0. The van der Waals surface area contributed by atoms with Gasteiger partial charge in [-0.1, -0.05) is 108 Å². The highest BCUT2D eigenvalue weighted by Crippen LogP contribution is 2.31. The van der Waals surface area contributed by atoms with E-state index < -0.39 is 18.2 Å². The van der Waals surface area contributed by atoms with Crippen molar-refractivity contribution in [2.45, 2.75) is 123 Å². The van der Waals surface area contributed by atoms with Crippen LogP contribution >= 0.6 is 0 Å². The van der Waals surface area contributed by atoms with Crippen molar-refractivity contribution in [2.24, 2.45) is 0 Å². The maximum absolute atomic E-state index is 13.3. The number of esters is 2. The number of ether oxygens (including phenoxy) is 3. The molecule has 3 aromatic rings. The van der Waals surface area contributed by atoms with E-state index in [-0.39, 0.29) is 31.2 Å². The fraction of sp³-hybridized carbons (Fsp3) is 0.591. The third-order valence-corrected chi connectivity index (χ3v) is 10.6. The highest BCUT2D eigenvalue weighted by Gasteiger charge is 2.40. The highest BCUT2D eigenvalue weighted by molar-refractivity contribution is 6.01. The molecule has 2 aliphatic rings. The maximum Gasteiger partial charge on any atom is 0.369 e. The number of pyridine rings is 1. The number of hydrogen-bond acceptors (Lipinski definition) is 9. The molecule has 54 heavy (non-hydrogen) atoms. The Bertz CT molecular complexity index is 1620. The number of unbranched alkanes of at least 4 members (excludes halogenated alkanes) is 11. The quantitative estimate of drug-likeness (QED) is 0.0698. The monoisotopic (exact) mass is 742 g/mol. The van der Waals surface area contributed by atoms with Crippen LogP contribution < -0.4 is 14.5 Å². The lowest BCUT2D eigenvalue weighted by Crippen LogP contribution is -2.51. The van der Waals surface area contributed by atoms with Crippen molar-refractivity contribution >= 4 is 40.1 Å². The minimum Gasteiger partial charge on any atom is -0.478 e. The zero-order valence-electron chi connectivity index (χ0n) is 32.8. The Kier molecular flexibility index (Phi) is 16.9. The summed E-state index contributed by atoms with van der Waals surface area (Å²) in [5.74, 6) is -0.989. The molecule has 3 heterocycles. The van der Waals surface area contributed by atoms with Crippen molar-refractivity contribution in [1.82, 2.24) is 9.88 Å². The van der Waals surface area contributed by atoms with E-state index in [1.165, 1.54) is 66.3 Å². The van der Waals surface area contributed by atoms with Crippen LogP contribution in [0.25, 0.3) is 10.8 Å². The third-order valence-electron chi connectivity index (χ3n) is 10.6. The number of amides is 1. The predicted molar refractivity (Wildman–Crippen MR) is 215 cm³/mol. The molecule has 10 nitrogen and oxygen atoms in total. The van der Waals surface area contributed by atoms with Crippen molar-refractivity contribution in [2.75, 3.05) is 55.7 Å². The van der Waals surface area contributed by atoms with Gasteiger partial charge in [-0.3, -0.25) is 14.5 Å². The summed E-state index contributed by atoms with van der Waals surface area (Å²) in [6, 6.07) is 18.8. The van der Waals surface area contributed by atoms with Gasteiger partial charge in [-0.25, -0.2) is 9.69 Å². The largest absolute Gasteiger partial charge is 0.478 e. The molecule has 1 unspecified atom stereocenters. The second-order valence-electron chi connectivity index (χ2n) is 14.7. The second kappa shape index (κ2) is 22.3. The van der Waals surface area contributed by atoms with Crippen LogP contribution in [0, 0.1) is 0 Å². The molecule has 2 aliphatic heterocycles. The summed E-state index contributed by atoms with van der Waals surface area (Å²) in [5, 5.41) is 2.58. The fourth-order valence-corrected chi connectivity index (χ4v) is 7.51. The molecule has 294 valence electrons. The molecule has 1 saturated heterocycles. The van der Waals surface area contributed by atoms with Crippen LogP contribution in [0.15, 0.2) is 54.6 Å². The Morgan fingerprint density at radius 2 is 1.46 bits per heavy atom. The van der Waals surface area contributed by atoms with E-state index in [9.17, 15) is 14.4 Å². The smallest absolute Gasteiger partial charge is 0.369 e. The van der Waals surface area contributed by atoms with Gasteiger partial charge >= 0.3 is 11.9 Å². The number of aromatic nitrogens is 1. The lowest BCUT2D eigenvalue weighted by molar-refractivity contribution is -0.168. The van der Waals surface area contributed by atoms with Gasteiger partial charge in [0.25, 0.3) is 6.23 Å². The Morgan fingerprint density at radius 1 is 0.759 bits per heavy atom. The number of benzene rings is 2. The topological polar surface area (TPSA) is 102 Å². The number of carbonyl (C=O) groups excluding carboxylic acids is 3. The highest BCUT2D eigenvalue weighted by atomic mass is 16.6. The molecule has 0 radical (unpaired) electrons. The van der Waals surface area contributed by atoms with Crippen LogP contribution in [0.3, 0.4) is 0 Å². The van der Waals surface area contributed by atoms with Gasteiger partial charge in [0.05, 0.1) is 13.2 Å². The predicted octanol–water partition coefficient (Wildman–Crippen LogP) is 8.63. The molecule has 1 aromatic heterocycles. The van der Waals surface area contributed by atoms with Gasteiger partial charge < -0.3 is 19.1 Å². The van der Waals surface area contributed by atoms with E-state index in [0.29, 0.717) is 25.3 Å². The molecule has 1 amide bonds. The molecule has 5 rings (SSSR count). The van der Waals surface area contributed by atoms with Crippen molar-refractivity contribution < 1.29 is 28.6 Å². The van der Waals surface area contributed by atoms with Gasteiger partial charge in [-0.05, 0) is 62.2 Å². The molecule has 1 atom stereocenters. The molecule has 2 aromatic carbocycles. The SMILES string of the molecule is CCCCCCCCCCCCCC(=O)OC(C(=O)OCC)N1C(=O)CCc2ccc(OCCCCN3CCN(c4cccc5ccccc45)CC3)nc21. The fourth-order valence-electron chi connectivity index (χ4n) is 7.51. The van der Waals surface area contributed by atoms with E-state index in [1.807, 2.05) is 6.07 Å². The molecule has 0 N–H and O–H groups in total. The Morgan fingerprint density at radius 3 is 2.20 bits per heavy atom. The molecule has 0 saturated carbocycles. The molecular formula is C44H62N4O6. The minimum absolute atomic E-state index is 0.0941. The Labute approximate surface area is 322 Å². The first-order valence-electron chi connectivity index (χ1n) is 20.7. The molecule has 10 heteroatoms. The molecule has 0 spiro atoms. The number of hydrogen-bond donors (Lipinski definition) is 0. The lowest BCUT2D eigenvalue weighted by Gasteiger charge is -2.36. The Hall–Kier alpha value is -4.18. The van der Waals surface area contributed by atoms with Gasteiger partial charge in [-0.15, -0.1) is 0 Å². The van der Waals surface area contributed by atoms with Crippen molar-refractivity contribution in [3.63, 3.8) is 0 Å². The summed E-state index contributed by atoms with van der Waals surface area (Å²) in [6.07, 6.45) is 14.0. The first-order valence-corrected chi connectivity index (χ1v) is 20.7. The zero-order chi connectivity index (χ0) is 38.0. The van der Waals surface area contributed by atoms with E-state index in [0.717, 1.165) is 70.4 Å². The van der Waals surface area contributed by atoms with Gasteiger partial charge in [-0.2, -0.15) is 4.98 Å². The number of piperazine rings is 1. The summed E-state index contributed by atoms with van der Waals surface area (Å²) in [6.45, 7) is 9.53. The molecule has 1 fully saturated rings. The van der Waals surface area contributed by atoms with Gasteiger partial charge in [0.2, 0.25) is 11.8 Å². The first-order chi connectivity index (χ1) is 26.5. The first kappa shape index (κ1) is 41.0. The number of aryl methyl sites for hydroxylation is 1. The number of rotatable bonds is 23. The maximum atomic E-state index is 13.3. The number of carbonyl (C=O) groups is 3. The van der Waals surface area contributed by atoms with Crippen LogP contribution in [-0.2, 0) is 30.3 Å². The average Bonchev–Trinajstić information content (AvgIpc) is 3.19. The van der Waals surface area contributed by atoms with Crippen LogP contribution in [0.4, 0.5) is 11.5 Å². The lowest BCUT2D eigenvalue weighted by atomic mass is 10.0. The van der Waals surface area contributed by atoms with Gasteiger partial charge in [0, 0.05) is 56.2 Å². The van der Waals surface area contributed by atoms with E-state index in [2.05, 4.69) is 64.2 Å². The normalized spacial score (nSPS) is 15.3. The average molecular weight is 743 g/mol. The number of anilines is 2. The zero-order valence-corrected chi connectivity index (χ0v) is 32.8. The third kappa shape index (κ3) is 12.2. The summed E-state index contributed by atoms with van der Waals surface area (Å²) in [5.41, 5.74) is 2.10. The molecule has 0 bridgehead atoms. The van der Waals surface area contributed by atoms with Crippen LogP contribution in [-0.4, -0.2) is 79.9 Å². The Balaban J connectivity index is 1.06. The van der Waals surface area contributed by atoms with Crippen LogP contribution in [0.1, 0.15) is 116 Å². The summed E-state index contributed by atoms with van der Waals surface area (Å²) >= 11 is 0. The van der Waals surface area contributed by atoms with E-state index >= 15 is 0 Å². The van der Waals surface area contributed by atoms with Crippen molar-refractivity contribution in [3.8, 4) is 5.88 Å². The minimum atomic E-state index is -1.53. The number of fused-ring (bicyclic) bond motifs is 2. The van der Waals surface area contributed by atoms with E-state index in [1.54, 1.807) is 13.0 Å². The standard InChI is InChI=1S/C44H62N4O6/c1-3-5-6-7-8-9-10-11-12-13-14-24-41(50)54-43(44(51)52-4-2)48-40(49)28-26-36-25-27-39(45-42(36)48)53-34-18-17-29-46-30-32-47(33-31-46)38-23-19-21-35-20-15-16-22-37(35)38/h15-16,19-23,25,27,43H,3-14,17-18,24,26,28-34H2,1-2H3. The van der Waals surface area contributed by atoms with Crippen molar-refractivity contribution in [3.05, 3.63) is 60.2 Å². The van der Waals surface area contributed by atoms with Gasteiger partial charge in [0.1, 0.15) is 5.82 Å². The number of nitrogens with zero attached hydrogens (tertiary/aromatic N) is 4. The van der Waals surface area contributed by atoms with Crippen LogP contribution in [0.2, 0.25) is 0 Å². The summed E-state index contributed by atoms with van der Waals surface area (Å²) in [4.78, 5) is 50.3. The van der Waals surface area contributed by atoms with E-state index in [4.69, 9.17) is 14.2 Å². The molecule has 0 aliphatic carbocycles. The molecular weight excluding hydrogens is 681 g/mol.